The summed E-state index contributed by atoms with van der Waals surface area (Å²) in [5.41, 5.74) is -0.225. The molecule has 0 saturated heterocycles. The molecule has 1 N–H and O–H groups in total. The highest BCUT2D eigenvalue weighted by atomic mass is 19.4. The zero-order valence-electron chi connectivity index (χ0n) is 14.9. The van der Waals surface area contributed by atoms with Crippen molar-refractivity contribution in [2.75, 3.05) is 18.0 Å². The number of anilines is 1. The minimum atomic E-state index is -4.62. The van der Waals surface area contributed by atoms with Crippen LogP contribution in [0, 0.1) is 6.57 Å². The predicted molar refractivity (Wildman–Crippen MR) is 98.5 cm³/mol. The van der Waals surface area contributed by atoms with E-state index in [1.54, 1.807) is 4.90 Å². The third-order valence-corrected chi connectivity index (χ3v) is 3.93. The zero-order valence-corrected chi connectivity index (χ0v) is 14.9. The largest absolute Gasteiger partial charge is 0.407 e. The van der Waals surface area contributed by atoms with E-state index in [0.717, 1.165) is 17.7 Å². The van der Waals surface area contributed by atoms with E-state index in [-0.39, 0.29) is 18.1 Å². The maximum absolute atomic E-state index is 13.2. The Morgan fingerprint density at radius 2 is 1.89 bits per heavy atom. The van der Waals surface area contributed by atoms with E-state index in [1.165, 1.54) is 6.07 Å². The van der Waals surface area contributed by atoms with Crippen LogP contribution >= 0.6 is 0 Å². The number of alkyl halides is 3. The Labute approximate surface area is 156 Å². The fourth-order valence-corrected chi connectivity index (χ4v) is 2.64. The van der Waals surface area contributed by atoms with Gasteiger partial charge in [-0.25, -0.2) is 4.85 Å². The lowest BCUT2D eigenvalue weighted by atomic mass is 10.1. The normalized spacial score (nSPS) is 10.9. The average Bonchev–Trinajstić information content (AvgIpc) is 2.65. The average molecular weight is 375 g/mol. The molecular formula is C20H20F3N3O. The van der Waals surface area contributed by atoms with Gasteiger partial charge in [0.05, 0.1) is 18.7 Å². The summed E-state index contributed by atoms with van der Waals surface area (Å²) >= 11 is 0. The minimum Gasteiger partial charge on any atom is -0.362 e. The molecule has 0 aromatic heterocycles. The lowest BCUT2D eigenvalue weighted by Gasteiger charge is -2.25. The molecule has 2 rings (SSSR count). The van der Waals surface area contributed by atoms with Gasteiger partial charge in [0.2, 0.25) is 5.91 Å². The van der Waals surface area contributed by atoms with Gasteiger partial charge in [0, 0.05) is 18.8 Å². The number of rotatable bonds is 7. The Morgan fingerprint density at radius 3 is 2.48 bits per heavy atom. The molecule has 0 aliphatic carbocycles. The number of halogens is 3. The molecule has 7 heteroatoms. The van der Waals surface area contributed by atoms with Crippen molar-refractivity contribution >= 4 is 17.3 Å². The second-order valence-electron chi connectivity index (χ2n) is 5.99. The van der Waals surface area contributed by atoms with Crippen molar-refractivity contribution in [1.82, 2.24) is 5.32 Å². The van der Waals surface area contributed by atoms with Gasteiger partial charge < -0.3 is 10.2 Å². The van der Waals surface area contributed by atoms with Gasteiger partial charge in [-0.2, -0.15) is 13.2 Å². The maximum atomic E-state index is 13.2. The van der Waals surface area contributed by atoms with Gasteiger partial charge >= 0.3 is 6.18 Å². The summed E-state index contributed by atoms with van der Waals surface area (Å²) < 4.78 is 39.6. The quantitative estimate of drug-likeness (QED) is 0.707. The SMILES string of the molecule is [C-]#[N+]c1ccc(N(CCC)CC(=O)NCc2ccccc2)cc1C(F)(F)F. The molecule has 2 aromatic rings. The molecule has 0 bridgehead atoms. The number of nitrogens with zero attached hydrogens (tertiary/aromatic N) is 2. The van der Waals surface area contributed by atoms with Gasteiger partial charge in [-0.1, -0.05) is 43.3 Å². The number of hydrogen-bond donors (Lipinski definition) is 1. The van der Waals surface area contributed by atoms with E-state index in [0.29, 0.717) is 19.5 Å². The number of hydrogen-bond acceptors (Lipinski definition) is 2. The number of amides is 1. The molecule has 0 radical (unpaired) electrons. The van der Waals surface area contributed by atoms with E-state index in [1.807, 2.05) is 37.3 Å². The lowest BCUT2D eigenvalue weighted by molar-refractivity contribution is -0.136. The first-order chi connectivity index (χ1) is 12.8. The van der Waals surface area contributed by atoms with Gasteiger partial charge in [-0.3, -0.25) is 4.79 Å². The summed E-state index contributed by atoms with van der Waals surface area (Å²) in [6.45, 7) is 9.52. The monoisotopic (exact) mass is 375 g/mol. The maximum Gasteiger partial charge on any atom is 0.407 e. The second kappa shape index (κ2) is 9.08. The summed E-state index contributed by atoms with van der Waals surface area (Å²) in [5.74, 6) is -0.282. The molecule has 0 fully saturated rings. The predicted octanol–water partition coefficient (Wildman–Crippen LogP) is 4.79. The highest BCUT2D eigenvalue weighted by molar-refractivity contribution is 5.81. The Kier molecular flexibility index (Phi) is 6.83. The van der Waals surface area contributed by atoms with E-state index in [4.69, 9.17) is 6.57 Å². The Balaban J connectivity index is 2.14. The first-order valence-corrected chi connectivity index (χ1v) is 8.49. The molecule has 1 amide bonds. The van der Waals surface area contributed by atoms with E-state index < -0.39 is 17.4 Å². The molecule has 0 aliphatic heterocycles. The third kappa shape index (κ3) is 5.74. The molecule has 0 heterocycles. The summed E-state index contributed by atoms with van der Waals surface area (Å²) in [6, 6.07) is 12.9. The summed E-state index contributed by atoms with van der Waals surface area (Å²) in [6.07, 6.45) is -3.96. The van der Waals surface area contributed by atoms with E-state index >= 15 is 0 Å². The van der Waals surface area contributed by atoms with E-state index in [2.05, 4.69) is 10.2 Å². The van der Waals surface area contributed by atoms with Gasteiger partial charge in [0.25, 0.3) is 0 Å². The molecular weight excluding hydrogens is 355 g/mol. The second-order valence-corrected chi connectivity index (χ2v) is 5.99. The fourth-order valence-electron chi connectivity index (χ4n) is 2.64. The number of carbonyl (C=O) groups is 1. The molecule has 0 unspecified atom stereocenters. The van der Waals surface area contributed by atoms with Crippen molar-refractivity contribution in [2.45, 2.75) is 26.1 Å². The lowest BCUT2D eigenvalue weighted by Crippen LogP contribution is -2.37. The van der Waals surface area contributed by atoms with Crippen LogP contribution in [-0.4, -0.2) is 19.0 Å². The van der Waals surface area contributed by atoms with Crippen LogP contribution in [0.1, 0.15) is 24.5 Å². The van der Waals surface area contributed by atoms with Crippen molar-refractivity contribution in [3.05, 3.63) is 71.1 Å². The smallest absolute Gasteiger partial charge is 0.362 e. The van der Waals surface area contributed by atoms with Crippen molar-refractivity contribution in [3.8, 4) is 0 Å². The first-order valence-electron chi connectivity index (χ1n) is 8.49. The molecule has 0 saturated carbocycles. The van der Waals surface area contributed by atoms with Gasteiger partial charge in [-0.15, -0.1) is 0 Å². The molecule has 0 atom stereocenters. The van der Waals surface area contributed by atoms with Gasteiger partial charge in [0.1, 0.15) is 0 Å². The topological polar surface area (TPSA) is 36.7 Å². The first kappa shape index (κ1) is 20.3. The molecule has 4 nitrogen and oxygen atoms in total. The van der Waals surface area contributed by atoms with Crippen LogP contribution in [0.3, 0.4) is 0 Å². The molecule has 2 aromatic carbocycles. The number of benzene rings is 2. The summed E-state index contributed by atoms with van der Waals surface area (Å²) in [5, 5.41) is 2.77. The fraction of sp³-hybridized carbons (Fsp3) is 0.300. The van der Waals surface area contributed by atoms with Crippen LogP contribution in [0.4, 0.5) is 24.5 Å². The van der Waals surface area contributed by atoms with Gasteiger partial charge in [0.15, 0.2) is 5.69 Å². The number of nitrogens with one attached hydrogen (secondary N) is 1. The highest BCUT2D eigenvalue weighted by Gasteiger charge is 2.34. The number of carbonyl (C=O) groups excluding carboxylic acids is 1. The zero-order chi connectivity index (χ0) is 19.9. The van der Waals surface area contributed by atoms with Crippen molar-refractivity contribution < 1.29 is 18.0 Å². The molecule has 0 spiro atoms. The third-order valence-electron chi connectivity index (χ3n) is 3.93. The van der Waals surface area contributed by atoms with Crippen LogP contribution in [0.2, 0.25) is 0 Å². The summed E-state index contributed by atoms with van der Waals surface area (Å²) in [4.78, 5) is 16.8. The molecule has 27 heavy (non-hydrogen) atoms. The highest BCUT2D eigenvalue weighted by Crippen LogP contribution is 2.38. The molecule has 0 aliphatic rings. The standard InChI is InChI=1S/C20H20F3N3O/c1-3-11-26(14-19(27)25-13-15-7-5-4-6-8-15)16-9-10-18(24-2)17(12-16)20(21,22)23/h4-10,12H,3,11,13-14H2,1H3,(H,25,27). The Morgan fingerprint density at radius 1 is 1.19 bits per heavy atom. The van der Waals surface area contributed by atoms with E-state index in [9.17, 15) is 18.0 Å². The Hall–Kier alpha value is -3.01. The van der Waals surface area contributed by atoms with Crippen LogP contribution in [0.15, 0.2) is 48.5 Å². The van der Waals surface area contributed by atoms with Crippen molar-refractivity contribution in [2.24, 2.45) is 0 Å². The van der Waals surface area contributed by atoms with Crippen LogP contribution in [-0.2, 0) is 17.5 Å². The van der Waals surface area contributed by atoms with Gasteiger partial charge in [-0.05, 0) is 24.1 Å². The van der Waals surface area contributed by atoms with Crippen LogP contribution in [0.25, 0.3) is 4.85 Å². The van der Waals surface area contributed by atoms with Crippen LogP contribution in [0.5, 0.6) is 0 Å². The van der Waals surface area contributed by atoms with Crippen molar-refractivity contribution in [1.29, 1.82) is 0 Å². The molecule has 142 valence electrons. The Bertz CT molecular complexity index is 813. The summed E-state index contributed by atoms with van der Waals surface area (Å²) in [7, 11) is 0. The minimum absolute atomic E-state index is 0.0602. The van der Waals surface area contributed by atoms with Crippen molar-refractivity contribution in [3.63, 3.8) is 0 Å². The van der Waals surface area contributed by atoms with Crippen LogP contribution < -0.4 is 10.2 Å².